The number of benzene rings is 2. The van der Waals surface area contributed by atoms with E-state index in [2.05, 4.69) is 0 Å². The predicted octanol–water partition coefficient (Wildman–Crippen LogP) is 4.00. The number of esters is 1. The van der Waals surface area contributed by atoms with Crippen molar-refractivity contribution >= 4 is 23.4 Å². The van der Waals surface area contributed by atoms with Crippen LogP contribution in [0.15, 0.2) is 57.5 Å². The Hall–Kier alpha value is -4.05. The molecule has 212 valence electrons. The number of hydrogen-bond acceptors (Lipinski definition) is 9. The molecule has 9 nitrogen and oxygen atoms in total. The van der Waals surface area contributed by atoms with Gasteiger partial charge < -0.3 is 23.7 Å². The lowest BCUT2D eigenvalue weighted by molar-refractivity contribution is -0.139. The quantitative estimate of drug-likeness (QED) is 0.324. The largest absolute Gasteiger partial charge is 0.497 e. The number of aromatic nitrogens is 1. The molecule has 4 rings (SSSR count). The molecule has 1 aromatic heterocycles. The summed E-state index contributed by atoms with van der Waals surface area (Å²) in [5.41, 5.74) is 1.98. The van der Waals surface area contributed by atoms with Crippen LogP contribution in [-0.4, -0.2) is 45.1 Å². The van der Waals surface area contributed by atoms with Crippen LogP contribution in [-0.2, 0) is 9.53 Å². The first-order chi connectivity index (χ1) is 19.4. The first-order valence-electron chi connectivity index (χ1n) is 13.1. The maximum absolute atomic E-state index is 14.0. The zero-order valence-corrected chi connectivity index (χ0v) is 24.4. The van der Waals surface area contributed by atoms with Crippen LogP contribution in [0.2, 0.25) is 0 Å². The van der Waals surface area contributed by atoms with E-state index in [1.54, 1.807) is 57.1 Å². The van der Waals surface area contributed by atoms with E-state index in [-0.39, 0.29) is 12.2 Å². The molecule has 1 aliphatic rings. The zero-order chi connectivity index (χ0) is 28.8. The number of ether oxygens (including phenoxy) is 5. The summed E-state index contributed by atoms with van der Waals surface area (Å²) in [5.74, 6) is 1.75. The van der Waals surface area contributed by atoms with Gasteiger partial charge in [-0.3, -0.25) is 9.36 Å². The topological polar surface area (TPSA) is 97.6 Å². The molecule has 40 heavy (non-hydrogen) atoms. The molecule has 0 saturated heterocycles. The second-order valence-electron chi connectivity index (χ2n) is 8.86. The van der Waals surface area contributed by atoms with Gasteiger partial charge in [-0.1, -0.05) is 30.7 Å². The van der Waals surface area contributed by atoms with Gasteiger partial charge in [-0.05, 0) is 62.2 Å². The molecule has 1 atom stereocenters. The van der Waals surface area contributed by atoms with Crippen LogP contribution in [0.25, 0.3) is 6.08 Å². The summed E-state index contributed by atoms with van der Waals surface area (Å²) in [7, 11) is 4.69. The van der Waals surface area contributed by atoms with Crippen molar-refractivity contribution in [2.45, 2.75) is 39.7 Å². The number of methoxy groups -OCH3 is 3. The zero-order valence-electron chi connectivity index (χ0n) is 23.6. The Morgan fingerprint density at radius 2 is 1.73 bits per heavy atom. The molecule has 0 fully saturated rings. The molecule has 0 spiro atoms. The van der Waals surface area contributed by atoms with Crippen molar-refractivity contribution in [1.29, 1.82) is 0 Å². The third-order valence-corrected chi connectivity index (χ3v) is 7.39. The third kappa shape index (κ3) is 5.62. The van der Waals surface area contributed by atoms with Gasteiger partial charge in [0.05, 0.1) is 50.3 Å². The minimum absolute atomic E-state index is 0.188. The molecule has 10 heteroatoms. The van der Waals surface area contributed by atoms with Crippen molar-refractivity contribution < 1.29 is 28.5 Å². The van der Waals surface area contributed by atoms with Crippen molar-refractivity contribution in [2.75, 3.05) is 34.5 Å². The maximum Gasteiger partial charge on any atom is 0.338 e. The van der Waals surface area contributed by atoms with Crippen molar-refractivity contribution in [2.24, 2.45) is 4.99 Å². The Morgan fingerprint density at radius 3 is 2.38 bits per heavy atom. The SMILES string of the molecule is CCCC1=C(C(=O)OCC)[C@H](c2cc(OC)ccc2OC)n2c(s/c(=C\c3ccc(OCC)c(OC)c3)c2=O)=N1. The van der Waals surface area contributed by atoms with Crippen LogP contribution in [0.4, 0.5) is 0 Å². The van der Waals surface area contributed by atoms with Gasteiger partial charge in [-0.2, -0.15) is 0 Å². The lowest BCUT2D eigenvalue weighted by atomic mass is 9.93. The highest BCUT2D eigenvalue weighted by Gasteiger charge is 2.36. The Kier molecular flexibility index (Phi) is 9.31. The molecule has 0 N–H and O–H groups in total. The molecule has 0 bridgehead atoms. The van der Waals surface area contributed by atoms with Gasteiger partial charge in [0.2, 0.25) is 0 Å². The summed E-state index contributed by atoms with van der Waals surface area (Å²) in [6.07, 6.45) is 3.08. The Balaban J connectivity index is 2.01. The van der Waals surface area contributed by atoms with E-state index in [1.807, 2.05) is 32.0 Å². The van der Waals surface area contributed by atoms with E-state index in [0.29, 0.717) is 62.2 Å². The number of fused-ring (bicyclic) bond motifs is 1. The molecule has 3 aromatic rings. The normalized spacial score (nSPS) is 14.8. The van der Waals surface area contributed by atoms with E-state index in [4.69, 9.17) is 28.7 Å². The fourth-order valence-electron chi connectivity index (χ4n) is 4.67. The van der Waals surface area contributed by atoms with Gasteiger partial charge in [-0.25, -0.2) is 9.79 Å². The highest BCUT2D eigenvalue weighted by Crippen LogP contribution is 2.38. The van der Waals surface area contributed by atoms with Crippen LogP contribution < -0.4 is 33.8 Å². The Morgan fingerprint density at radius 1 is 0.975 bits per heavy atom. The second-order valence-corrected chi connectivity index (χ2v) is 9.87. The number of carbonyl (C=O) groups is 1. The van der Waals surface area contributed by atoms with Crippen molar-refractivity contribution in [1.82, 2.24) is 4.57 Å². The molecule has 1 aliphatic heterocycles. The maximum atomic E-state index is 14.0. The third-order valence-electron chi connectivity index (χ3n) is 6.41. The van der Waals surface area contributed by atoms with Gasteiger partial charge in [-0.15, -0.1) is 0 Å². The van der Waals surface area contributed by atoms with Gasteiger partial charge in [0, 0.05) is 5.56 Å². The van der Waals surface area contributed by atoms with Gasteiger partial charge in [0.25, 0.3) is 5.56 Å². The minimum Gasteiger partial charge on any atom is -0.497 e. The average molecular weight is 567 g/mol. The lowest BCUT2D eigenvalue weighted by Gasteiger charge is -2.27. The summed E-state index contributed by atoms with van der Waals surface area (Å²) in [6, 6.07) is 9.99. The number of nitrogens with zero attached hydrogens (tertiary/aromatic N) is 2. The van der Waals surface area contributed by atoms with Crippen LogP contribution in [0.5, 0.6) is 23.0 Å². The van der Waals surface area contributed by atoms with Crippen molar-refractivity contribution in [3.05, 3.63) is 78.5 Å². The van der Waals surface area contributed by atoms with Gasteiger partial charge >= 0.3 is 5.97 Å². The summed E-state index contributed by atoms with van der Waals surface area (Å²) >= 11 is 1.26. The van der Waals surface area contributed by atoms with Crippen molar-refractivity contribution in [3.63, 3.8) is 0 Å². The van der Waals surface area contributed by atoms with Crippen LogP contribution in [0.3, 0.4) is 0 Å². The van der Waals surface area contributed by atoms with E-state index in [9.17, 15) is 9.59 Å². The highest BCUT2D eigenvalue weighted by atomic mass is 32.1. The van der Waals surface area contributed by atoms with E-state index >= 15 is 0 Å². The number of allylic oxidation sites excluding steroid dienone is 1. The molecule has 0 aliphatic carbocycles. The first kappa shape index (κ1) is 28.9. The molecule has 0 saturated carbocycles. The summed E-state index contributed by atoms with van der Waals surface area (Å²) in [5, 5.41) is 0. The minimum atomic E-state index is -0.820. The number of rotatable bonds is 11. The number of hydrogen-bond donors (Lipinski definition) is 0. The first-order valence-corrected chi connectivity index (χ1v) is 14.0. The summed E-state index contributed by atoms with van der Waals surface area (Å²) < 4.78 is 29.8. The number of thiazole rings is 1. The molecule has 0 unspecified atom stereocenters. The molecule has 2 heterocycles. The predicted molar refractivity (Wildman–Crippen MR) is 153 cm³/mol. The second kappa shape index (κ2) is 12.9. The van der Waals surface area contributed by atoms with E-state index < -0.39 is 12.0 Å². The van der Waals surface area contributed by atoms with Gasteiger partial charge in [0.1, 0.15) is 17.5 Å². The number of carbonyl (C=O) groups excluding carboxylic acids is 1. The lowest BCUT2D eigenvalue weighted by Crippen LogP contribution is -2.40. The summed E-state index contributed by atoms with van der Waals surface area (Å²) in [6.45, 7) is 6.36. The van der Waals surface area contributed by atoms with Crippen LogP contribution in [0, 0.1) is 0 Å². The van der Waals surface area contributed by atoms with Gasteiger partial charge in [0.15, 0.2) is 16.3 Å². The average Bonchev–Trinajstić information content (AvgIpc) is 3.27. The molecular formula is C30H34N2O7S. The van der Waals surface area contributed by atoms with Crippen LogP contribution in [0.1, 0.15) is 50.8 Å². The molecule has 2 aromatic carbocycles. The highest BCUT2D eigenvalue weighted by molar-refractivity contribution is 7.07. The van der Waals surface area contributed by atoms with Crippen molar-refractivity contribution in [3.8, 4) is 23.0 Å². The monoisotopic (exact) mass is 566 g/mol. The standard InChI is InChI=1S/C30H34N2O7S/c1-7-10-21-26(29(34)39-9-3)27(20-17-19(35-4)12-14-22(20)36-5)32-28(33)25(40-30(32)31-21)16-18-11-13-23(38-8-2)24(15-18)37-6/h11-17,27H,7-10H2,1-6H3/b25-16-/t27-/m0/s1. The fourth-order valence-corrected chi connectivity index (χ4v) is 5.69. The molecular weight excluding hydrogens is 532 g/mol. The smallest absolute Gasteiger partial charge is 0.338 e. The Bertz CT molecular complexity index is 1600. The fraction of sp³-hybridized carbons (Fsp3) is 0.367. The van der Waals surface area contributed by atoms with E-state index in [0.717, 1.165) is 12.0 Å². The molecule has 0 radical (unpaired) electrons. The summed E-state index contributed by atoms with van der Waals surface area (Å²) in [4.78, 5) is 32.8. The van der Waals surface area contributed by atoms with E-state index in [1.165, 1.54) is 11.3 Å². The molecule has 0 amide bonds. The Labute approximate surface area is 236 Å². The van der Waals surface area contributed by atoms with Crippen LogP contribution >= 0.6 is 11.3 Å².